The summed E-state index contributed by atoms with van der Waals surface area (Å²) < 4.78 is 1.69. The molecule has 27 heavy (non-hydrogen) atoms. The van der Waals surface area contributed by atoms with Crippen molar-refractivity contribution in [2.75, 3.05) is 0 Å². The van der Waals surface area contributed by atoms with Gasteiger partial charge in [0.1, 0.15) is 5.69 Å². The lowest BCUT2D eigenvalue weighted by Crippen LogP contribution is -2.35. The Kier molecular flexibility index (Phi) is 4.70. The molecule has 0 amide bonds. The first-order valence-electron chi connectivity index (χ1n) is 9.24. The summed E-state index contributed by atoms with van der Waals surface area (Å²) >= 11 is 0. The Balaban J connectivity index is 1.45. The van der Waals surface area contributed by atoms with Crippen molar-refractivity contribution < 1.29 is 9.90 Å². The number of carboxylic acid groups (broad SMARTS) is 1. The molecule has 1 aromatic carbocycles. The van der Waals surface area contributed by atoms with Crippen LogP contribution >= 0.6 is 0 Å². The number of carbonyl (C=O) groups is 1. The second-order valence-electron chi connectivity index (χ2n) is 7.19. The van der Waals surface area contributed by atoms with Crippen molar-refractivity contribution >= 4 is 5.97 Å². The zero-order valence-corrected chi connectivity index (χ0v) is 15.0. The van der Waals surface area contributed by atoms with Crippen LogP contribution in [0.4, 0.5) is 0 Å². The Labute approximate surface area is 156 Å². The number of hydrogen-bond acceptors (Lipinski definition) is 5. The number of benzene rings is 1. The fourth-order valence-electron chi connectivity index (χ4n) is 3.76. The Morgan fingerprint density at radius 1 is 1.11 bits per heavy atom. The van der Waals surface area contributed by atoms with Crippen LogP contribution in [-0.4, -0.2) is 41.1 Å². The maximum absolute atomic E-state index is 11.8. The molecule has 140 valence electrons. The van der Waals surface area contributed by atoms with Gasteiger partial charge in [0.05, 0.1) is 29.5 Å². The molecule has 1 saturated carbocycles. The maximum Gasteiger partial charge on any atom is 0.310 e. The molecule has 3 aromatic rings. The van der Waals surface area contributed by atoms with Gasteiger partial charge in [-0.25, -0.2) is 4.68 Å². The molecule has 2 aromatic heterocycles. The summed E-state index contributed by atoms with van der Waals surface area (Å²) in [5.74, 6) is -0.720. The van der Waals surface area contributed by atoms with Gasteiger partial charge in [-0.2, -0.15) is 15.0 Å². The van der Waals surface area contributed by atoms with E-state index >= 15 is 0 Å². The number of rotatable bonds is 6. The highest BCUT2D eigenvalue weighted by Crippen LogP contribution is 2.39. The van der Waals surface area contributed by atoms with Gasteiger partial charge in [-0.05, 0) is 25.0 Å². The van der Waals surface area contributed by atoms with Crippen LogP contribution in [0.2, 0.25) is 0 Å². The van der Waals surface area contributed by atoms with E-state index in [1.54, 1.807) is 15.7 Å². The summed E-state index contributed by atoms with van der Waals surface area (Å²) in [6.45, 7) is 0.444. The monoisotopic (exact) mass is 366 g/mol. The Morgan fingerprint density at radius 3 is 2.63 bits per heavy atom. The molecule has 2 heterocycles. The van der Waals surface area contributed by atoms with Crippen molar-refractivity contribution in [3.05, 3.63) is 54.1 Å². The molecule has 1 N–H and O–H groups in total. The first-order valence-corrected chi connectivity index (χ1v) is 9.24. The molecule has 0 aliphatic heterocycles. The molecule has 0 bridgehead atoms. The molecule has 1 aliphatic carbocycles. The third-order valence-electron chi connectivity index (χ3n) is 5.22. The molecule has 1 fully saturated rings. The van der Waals surface area contributed by atoms with Gasteiger partial charge in [0.15, 0.2) is 0 Å². The van der Waals surface area contributed by atoms with E-state index in [2.05, 4.69) is 20.5 Å². The van der Waals surface area contributed by atoms with E-state index in [0.29, 0.717) is 25.8 Å². The van der Waals surface area contributed by atoms with Crippen molar-refractivity contribution in [3.63, 3.8) is 0 Å². The molecule has 4 rings (SSSR count). The number of aromatic nitrogens is 6. The van der Waals surface area contributed by atoms with Gasteiger partial charge in [0, 0.05) is 12.6 Å². The molecule has 0 atom stereocenters. The van der Waals surface area contributed by atoms with Crippen molar-refractivity contribution in [1.82, 2.24) is 30.0 Å². The molecule has 0 radical (unpaired) electrons. The van der Waals surface area contributed by atoms with Crippen LogP contribution in [0.5, 0.6) is 0 Å². The fraction of sp³-hybridized carbons (Fsp3) is 0.421. The summed E-state index contributed by atoms with van der Waals surface area (Å²) in [6.07, 6.45) is 8.40. The molecular formula is C19H22N6O2. The molecule has 1 aliphatic rings. The summed E-state index contributed by atoms with van der Waals surface area (Å²) in [5.41, 5.74) is 1.68. The van der Waals surface area contributed by atoms with E-state index in [0.717, 1.165) is 36.3 Å². The van der Waals surface area contributed by atoms with Gasteiger partial charge >= 0.3 is 5.97 Å². The first kappa shape index (κ1) is 17.4. The van der Waals surface area contributed by atoms with Crippen LogP contribution in [0.1, 0.15) is 43.5 Å². The minimum Gasteiger partial charge on any atom is -0.481 e. The topological polar surface area (TPSA) is 98.7 Å². The van der Waals surface area contributed by atoms with Crippen molar-refractivity contribution in [2.45, 2.75) is 45.1 Å². The van der Waals surface area contributed by atoms with E-state index in [9.17, 15) is 9.90 Å². The van der Waals surface area contributed by atoms with Gasteiger partial charge in [-0.1, -0.05) is 42.7 Å². The molecule has 0 saturated heterocycles. The van der Waals surface area contributed by atoms with Crippen LogP contribution in [0, 0.1) is 5.41 Å². The molecular weight excluding hydrogens is 344 g/mol. The van der Waals surface area contributed by atoms with Gasteiger partial charge in [-0.3, -0.25) is 4.79 Å². The third kappa shape index (κ3) is 3.74. The van der Waals surface area contributed by atoms with Crippen LogP contribution in [-0.2, 0) is 17.8 Å². The highest BCUT2D eigenvalue weighted by molar-refractivity contribution is 5.75. The Morgan fingerprint density at radius 2 is 1.89 bits per heavy atom. The fourth-order valence-corrected chi connectivity index (χ4v) is 3.76. The highest BCUT2D eigenvalue weighted by atomic mass is 16.4. The van der Waals surface area contributed by atoms with Crippen molar-refractivity contribution in [3.8, 4) is 5.69 Å². The zero-order valence-electron chi connectivity index (χ0n) is 15.0. The second-order valence-corrected chi connectivity index (χ2v) is 7.19. The van der Waals surface area contributed by atoms with Crippen LogP contribution in [0.15, 0.2) is 42.7 Å². The number of para-hydroxylation sites is 1. The summed E-state index contributed by atoms with van der Waals surface area (Å²) in [6, 6.07) is 9.69. The minimum atomic E-state index is -0.720. The summed E-state index contributed by atoms with van der Waals surface area (Å²) in [4.78, 5) is 13.4. The van der Waals surface area contributed by atoms with E-state index in [4.69, 9.17) is 0 Å². The molecule has 0 unspecified atom stereocenters. The largest absolute Gasteiger partial charge is 0.481 e. The molecule has 0 spiro atoms. The van der Waals surface area contributed by atoms with Crippen LogP contribution in [0.25, 0.3) is 5.69 Å². The number of aliphatic carboxylic acids is 1. The van der Waals surface area contributed by atoms with E-state index < -0.39 is 11.4 Å². The predicted octanol–water partition coefficient (Wildman–Crippen LogP) is 2.48. The number of nitrogens with zero attached hydrogens (tertiary/aromatic N) is 6. The second kappa shape index (κ2) is 7.30. The number of carboxylic acids is 1. The zero-order chi connectivity index (χ0) is 18.7. The highest BCUT2D eigenvalue weighted by Gasteiger charge is 2.40. The van der Waals surface area contributed by atoms with Crippen LogP contribution in [0.3, 0.4) is 0 Å². The Bertz CT molecular complexity index is 911. The van der Waals surface area contributed by atoms with Gasteiger partial charge in [-0.15, -0.1) is 5.10 Å². The Hall–Kier alpha value is -3.03. The SMILES string of the molecule is O=C(O)C1(Cc2cn(Cc3cnn(-c4ccccc4)n3)nn2)CCCCC1. The minimum absolute atomic E-state index is 0.430. The van der Waals surface area contributed by atoms with E-state index in [1.807, 2.05) is 36.5 Å². The smallest absolute Gasteiger partial charge is 0.310 e. The number of hydrogen-bond donors (Lipinski definition) is 1. The third-order valence-corrected chi connectivity index (χ3v) is 5.22. The summed E-state index contributed by atoms with van der Waals surface area (Å²) in [7, 11) is 0. The molecule has 8 heteroatoms. The van der Waals surface area contributed by atoms with Gasteiger partial charge in [0.2, 0.25) is 0 Å². The maximum atomic E-state index is 11.8. The predicted molar refractivity (Wildman–Crippen MR) is 97.3 cm³/mol. The van der Waals surface area contributed by atoms with E-state index in [-0.39, 0.29) is 0 Å². The average molecular weight is 366 g/mol. The van der Waals surface area contributed by atoms with E-state index in [1.165, 1.54) is 0 Å². The molecule has 8 nitrogen and oxygen atoms in total. The lowest BCUT2D eigenvalue weighted by molar-refractivity contribution is -0.151. The lowest BCUT2D eigenvalue weighted by atomic mass is 9.71. The van der Waals surface area contributed by atoms with Crippen LogP contribution < -0.4 is 0 Å². The first-order chi connectivity index (χ1) is 13.1. The van der Waals surface area contributed by atoms with Gasteiger partial charge in [0.25, 0.3) is 0 Å². The standard InChI is InChI=1S/C19H22N6O2/c26-18(27)19(9-5-2-6-10-19)11-15-13-24(23-21-15)14-16-12-20-25(22-16)17-7-3-1-4-8-17/h1,3-4,7-8,12-13H,2,5-6,9-11,14H2,(H,26,27). The van der Waals surface area contributed by atoms with Crippen molar-refractivity contribution in [1.29, 1.82) is 0 Å². The van der Waals surface area contributed by atoms with Gasteiger partial charge < -0.3 is 5.11 Å². The normalized spacial score (nSPS) is 16.3. The quantitative estimate of drug-likeness (QED) is 0.720. The average Bonchev–Trinajstić information content (AvgIpc) is 3.33. The summed E-state index contributed by atoms with van der Waals surface area (Å²) in [5, 5.41) is 26.8. The van der Waals surface area contributed by atoms with Crippen molar-refractivity contribution in [2.24, 2.45) is 5.41 Å². The lowest BCUT2D eigenvalue weighted by Gasteiger charge is -2.32.